The molecule has 1 amide bonds. The van der Waals surface area contributed by atoms with E-state index in [1.54, 1.807) is 13.3 Å². The van der Waals surface area contributed by atoms with Gasteiger partial charge in [-0.2, -0.15) is 0 Å². The van der Waals surface area contributed by atoms with Gasteiger partial charge in [0.15, 0.2) is 5.11 Å². The van der Waals surface area contributed by atoms with Gasteiger partial charge in [-0.1, -0.05) is 31.5 Å². The fourth-order valence-corrected chi connectivity index (χ4v) is 5.41. The van der Waals surface area contributed by atoms with Crippen molar-refractivity contribution < 1.29 is 9.53 Å². The number of carbonyl (C=O) groups is 1. The van der Waals surface area contributed by atoms with Crippen molar-refractivity contribution in [1.82, 2.24) is 14.9 Å². The number of anilines is 2. The van der Waals surface area contributed by atoms with Crippen LogP contribution < -0.4 is 20.3 Å². The van der Waals surface area contributed by atoms with Gasteiger partial charge in [-0.3, -0.25) is 9.78 Å². The Bertz CT molecular complexity index is 1500. The Morgan fingerprint density at radius 1 is 1.08 bits per heavy atom. The molecule has 1 saturated heterocycles. The number of benzene rings is 2. The molecule has 0 aliphatic carbocycles. The van der Waals surface area contributed by atoms with E-state index in [0.717, 1.165) is 34.2 Å². The first-order chi connectivity index (χ1) is 18.8. The van der Waals surface area contributed by atoms with Crippen molar-refractivity contribution in [3.63, 3.8) is 0 Å². The summed E-state index contributed by atoms with van der Waals surface area (Å²) in [4.78, 5) is 19.0. The summed E-state index contributed by atoms with van der Waals surface area (Å²) in [5, 5.41) is 7.40. The molecule has 39 heavy (non-hydrogen) atoms. The topological polar surface area (TPSA) is 71.4 Å². The lowest BCUT2D eigenvalue weighted by molar-refractivity contribution is -0.118. The maximum Gasteiger partial charge on any atom is 0.226 e. The number of hydrogen-bond acceptors (Lipinski definition) is 4. The zero-order chi connectivity index (χ0) is 27.7. The summed E-state index contributed by atoms with van der Waals surface area (Å²) in [5.74, 6) is 0.540. The summed E-state index contributed by atoms with van der Waals surface area (Å²) in [5.41, 5.74) is 5.37. The summed E-state index contributed by atoms with van der Waals surface area (Å²) >= 11 is 12.6. The molecule has 3 heterocycles. The number of amides is 1. The third-order valence-electron chi connectivity index (χ3n) is 6.85. The van der Waals surface area contributed by atoms with Gasteiger partial charge in [0.25, 0.3) is 0 Å². The van der Waals surface area contributed by atoms with Crippen molar-refractivity contribution in [2.24, 2.45) is 5.92 Å². The zero-order valence-corrected chi connectivity index (χ0v) is 23.8. The third kappa shape index (κ3) is 5.22. The Labute approximate surface area is 238 Å². The van der Waals surface area contributed by atoms with Crippen molar-refractivity contribution in [2.45, 2.75) is 32.9 Å². The summed E-state index contributed by atoms with van der Waals surface area (Å²) in [6.45, 7) is 5.76. The minimum atomic E-state index is -0.240. The number of nitrogens with one attached hydrogen (secondary N) is 2. The number of aromatic nitrogens is 2. The number of nitrogens with zero attached hydrogens (tertiary/aromatic N) is 3. The van der Waals surface area contributed by atoms with Gasteiger partial charge in [-0.15, -0.1) is 0 Å². The van der Waals surface area contributed by atoms with Crippen molar-refractivity contribution in [3.05, 3.63) is 101 Å². The molecule has 0 bridgehead atoms. The number of rotatable bonds is 7. The van der Waals surface area contributed by atoms with Gasteiger partial charge in [-0.05, 0) is 85.9 Å². The number of methoxy groups -OCH3 is 1. The highest BCUT2D eigenvalue weighted by atomic mass is 35.5. The van der Waals surface area contributed by atoms with Crippen LogP contribution in [-0.2, 0) is 4.79 Å². The van der Waals surface area contributed by atoms with Crippen LogP contribution in [0.3, 0.4) is 0 Å². The molecule has 4 aromatic rings. The van der Waals surface area contributed by atoms with Crippen LogP contribution in [0.15, 0.2) is 79.0 Å². The van der Waals surface area contributed by atoms with Crippen molar-refractivity contribution in [2.75, 3.05) is 17.3 Å². The number of hydrogen-bond donors (Lipinski definition) is 2. The van der Waals surface area contributed by atoms with Crippen molar-refractivity contribution in [3.8, 4) is 11.4 Å². The normalized spacial score (nSPS) is 16.9. The van der Waals surface area contributed by atoms with Crippen LogP contribution in [0.2, 0.25) is 5.02 Å². The number of aryl methyl sites for hydroxylation is 1. The molecule has 1 fully saturated rings. The molecule has 2 atom stereocenters. The summed E-state index contributed by atoms with van der Waals surface area (Å²) in [7, 11) is 1.66. The molecule has 7 nitrogen and oxygen atoms in total. The molecule has 0 spiro atoms. The largest absolute Gasteiger partial charge is 0.497 e. The first-order valence-electron chi connectivity index (χ1n) is 12.7. The summed E-state index contributed by atoms with van der Waals surface area (Å²) < 4.78 is 7.60. The van der Waals surface area contributed by atoms with Crippen molar-refractivity contribution in [1.29, 1.82) is 0 Å². The second kappa shape index (κ2) is 11.1. The fourth-order valence-electron chi connectivity index (χ4n) is 4.84. The van der Waals surface area contributed by atoms with Crippen LogP contribution in [-0.4, -0.2) is 27.7 Å². The molecular weight excluding hydrogens is 530 g/mol. The number of thiocarbonyl (C=S) groups is 1. The third-order valence-corrected chi connectivity index (χ3v) is 7.48. The Balaban J connectivity index is 1.62. The van der Waals surface area contributed by atoms with E-state index in [4.69, 9.17) is 28.6 Å². The van der Waals surface area contributed by atoms with Gasteiger partial charge in [0.1, 0.15) is 11.8 Å². The average molecular weight is 560 g/mol. The molecule has 9 heteroatoms. The van der Waals surface area contributed by atoms with Gasteiger partial charge < -0.3 is 24.8 Å². The number of halogens is 1. The molecule has 1 aliphatic heterocycles. The highest BCUT2D eigenvalue weighted by molar-refractivity contribution is 7.80. The number of ether oxygens (including phenoxy) is 1. The van der Waals surface area contributed by atoms with Gasteiger partial charge in [0, 0.05) is 34.9 Å². The first-order valence-corrected chi connectivity index (χ1v) is 13.5. The highest BCUT2D eigenvalue weighted by Gasteiger charge is 2.42. The molecule has 2 aromatic carbocycles. The van der Waals surface area contributed by atoms with Crippen LogP contribution in [0.5, 0.6) is 5.75 Å². The first kappa shape index (κ1) is 26.7. The van der Waals surface area contributed by atoms with Crippen LogP contribution >= 0.6 is 23.8 Å². The van der Waals surface area contributed by atoms with E-state index in [0.29, 0.717) is 15.8 Å². The smallest absolute Gasteiger partial charge is 0.226 e. The monoisotopic (exact) mass is 559 g/mol. The second-order valence-electron chi connectivity index (χ2n) is 9.74. The quantitative estimate of drug-likeness (QED) is 0.248. The lowest BCUT2D eigenvalue weighted by Gasteiger charge is -2.29. The van der Waals surface area contributed by atoms with Crippen molar-refractivity contribution >= 4 is 46.2 Å². The Morgan fingerprint density at radius 3 is 2.46 bits per heavy atom. The molecule has 0 saturated carbocycles. The lowest BCUT2D eigenvalue weighted by Crippen LogP contribution is -2.30. The van der Waals surface area contributed by atoms with Gasteiger partial charge in [0.05, 0.1) is 29.6 Å². The molecule has 5 rings (SSSR count). The van der Waals surface area contributed by atoms with Crippen LogP contribution in [0, 0.1) is 12.8 Å². The molecule has 200 valence electrons. The number of pyridine rings is 1. The fraction of sp³-hybridized carbons (Fsp3) is 0.233. The molecule has 0 radical (unpaired) electrons. The second-order valence-corrected chi connectivity index (χ2v) is 10.5. The minimum Gasteiger partial charge on any atom is -0.497 e. The number of carbonyl (C=O) groups excluding carboxylic acids is 1. The van der Waals surface area contributed by atoms with Gasteiger partial charge >= 0.3 is 0 Å². The molecule has 0 unspecified atom stereocenters. The van der Waals surface area contributed by atoms with Crippen LogP contribution in [0.4, 0.5) is 11.4 Å². The van der Waals surface area contributed by atoms with E-state index in [1.807, 2.05) is 74.5 Å². The Kier molecular flexibility index (Phi) is 7.59. The SMILES string of the molecule is COc1ccc(-n2c(C)ccc2[C@H]2[C@@H](c3ccccn3)NC(=S)N2c2ccc(NC(=O)C(C)C)c(Cl)c2)cc1. The van der Waals surface area contributed by atoms with E-state index < -0.39 is 0 Å². The zero-order valence-electron chi connectivity index (χ0n) is 22.2. The minimum absolute atomic E-state index is 0.0936. The van der Waals surface area contributed by atoms with E-state index in [9.17, 15) is 4.79 Å². The molecule has 2 aromatic heterocycles. The van der Waals surface area contributed by atoms with Crippen LogP contribution in [0.25, 0.3) is 5.69 Å². The van der Waals surface area contributed by atoms with E-state index >= 15 is 0 Å². The van der Waals surface area contributed by atoms with E-state index in [2.05, 4.69) is 44.1 Å². The Morgan fingerprint density at radius 2 is 1.82 bits per heavy atom. The maximum atomic E-state index is 12.3. The molecule has 2 N–H and O–H groups in total. The summed E-state index contributed by atoms with van der Waals surface area (Å²) in [6, 6.07) is 23.2. The van der Waals surface area contributed by atoms with Crippen LogP contribution in [0.1, 0.15) is 43.0 Å². The highest BCUT2D eigenvalue weighted by Crippen LogP contribution is 2.44. The average Bonchev–Trinajstić information content (AvgIpc) is 3.49. The molecule has 1 aliphatic rings. The maximum absolute atomic E-state index is 12.3. The van der Waals surface area contributed by atoms with Gasteiger partial charge in [-0.25, -0.2) is 0 Å². The predicted octanol–water partition coefficient (Wildman–Crippen LogP) is 6.61. The predicted molar refractivity (Wildman–Crippen MR) is 160 cm³/mol. The van der Waals surface area contributed by atoms with E-state index in [1.165, 1.54) is 0 Å². The van der Waals surface area contributed by atoms with Gasteiger partial charge in [0.2, 0.25) is 5.91 Å². The molecular formula is C30H30ClN5O2S. The lowest BCUT2D eigenvalue weighted by atomic mass is 10.0. The summed E-state index contributed by atoms with van der Waals surface area (Å²) in [6.07, 6.45) is 1.79. The standard InChI is InChI=1S/C30H30ClN5O2S/c1-18(2)29(37)33-24-14-11-21(17-23(24)31)36-28(27(34-30(36)39)25-7-5-6-16-32-25)26-15-8-19(3)35(26)20-9-12-22(38-4)13-10-20/h5-18,27-28H,1-4H3,(H,33,37)(H,34,39)/t27-,28+/m1/s1. The van der Waals surface area contributed by atoms with E-state index in [-0.39, 0.29) is 23.9 Å². The Hall–Kier alpha value is -3.88.